The van der Waals surface area contributed by atoms with E-state index in [0.717, 1.165) is 25.7 Å². The zero-order valence-electron chi connectivity index (χ0n) is 23.0. The van der Waals surface area contributed by atoms with Gasteiger partial charge >= 0.3 is 0 Å². The third kappa shape index (κ3) is 6.04. The number of hydrogen-bond acceptors (Lipinski definition) is 11. The molecule has 2 aliphatic heterocycles. The van der Waals surface area contributed by atoms with Crippen LogP contribution in [0.25, 0.3) is 0 Å². The zero-order valence-corrected chi connectivity index (χ0v) is 23.0. The summed E-state index contributed by atoms with van der Waals surface area (Å²) in [5.41, 5.74) is 10.1. The van der Waals surface area contributed by atoms with Gasteiger partial charge in [-0.25, -0.2) is 0 Å². The van der Waals surface area contributed by atoms with E-state index in [9.17, 15) is 20.4 Å². The molecule has 2 saturated heterocycles. The van der Waals surface area contributed by atoms with Gasteiger partial charge in [0.2, 0.25) is 0 Å². The SMILES string of the molecule is CC[C@@H]1CCC(N)[C@@H](OC2C(O)C(O[C@H]3OCC(C)(O)[C@H](NC)C3O)[C@H](N=C(N)C3(O)CCC3)C[C@@H]2C)O1. The minimum absolute atomic E-state index is 0.0420. The molecule has 2 saturated carbocycles. The summed E-state index contributed by atoms with van der Waals surface area (Å²) in [6.07, 6.45) is -1.02. The summed E-state index contributed by atoms with van der Waals surface area (Å²) in [7, 11) is 1.63. The molecule has 220 valence electrons. The quantitative estimate of drug-likeness (QED) is 0.148. The molecule has 0 aromatic rings. The van der Waals surface area contributed by atoms with Gasteiger partial charge in [0.15, 0.2) is 12.6 Å². The molecule has 0 radical (unpaired) electrons. The van der Waals surface area contributed by atoms with Crippen LogP contribution in [0.1, 0.15) is 65.7 Å². The molecule has 0 aromatic heterocycles. The lowest BCUT2D eigenvalue weighted by Crippen LogP contribution is -2.67. The van der Waals surface area contributed by atoms with Crippen molar-refractivity contribution in [2.24, 2.45) is 22.4 Å². The Morgan fingerprint density at radius 1 is 1.11 bits per heavy atom. The van der Waals surface area contributed by atoms with Crippen molar-refractivity contribution in [3.63, 3.8) is 0 Å². The van der Waals surface area contributed by atoms with E-state index in [2.05, 4.69) is 17.2 Å². The number of nitrogens with one attached hydrogen (secondary N) is 1. The number of aliphatic imine (C=N–C) groups is 1. The fraction of sp³-hybridized carbons (Fsp3) is 0.962. The lowest BCUT2D eigenvalue weighted by atomic mass is 9.78. The maximum atomic E-state index is 11.6. The molecule has 2 heterocycles. The fourth-order valence-corrected chi connectivity index (χ4v) is 6.16. The molecule has 2 aliphatic carbocycles. The first-order chi connectivity index (χ1) is 17.9. The van der Waals surface area contributed by atoms with Crippen LogP contribution in [0.5, 0.6) is 0 Å². The van der Waals surface area contributed by atoms with Gasteiger partial charge in [-0.15, -0.1) is 0 Å². The van der Waals surface area contributed by atoms with Crippen LogP contribution in [0, 0.1) is 5.92 Å². The predicted molar refractivity (Wildman–Crippen MR) is 139 cm³/mol. The minimum Gasteiger partial charge on any atom is -0.388 e. The van der Waals surface area contributed by atoms with E-state index in [1.54, 1.807) is 14.0 Å². The molecule has 0 bridgehead atoms. The van der Waals surface area contributed by atoms with Crippen molar-refractivity contribution < 1.29 is 39.4 Å². The average molecular weight is 545 g/mol. The Bertz CT molecular complexity index is 827. The Kier molecular flexibility index (Phi) is 9.40. The highest BCUT2D eigenvalue weighted by molar-refractivity contribution is 5.89. The third-order valence-electron chi connectivity index (χ3n) is 8.87. The second-order valence-corrected chi connectivity index (χ2v) is 11.9. The Balaban J connectivity index is 1.57. The van der Waals surface area contributed by atoms with E-state index in [1.807, 2.05) is 6.92 Å². The first-order valence-corrected chi connectivity index (χ1v) is 14.1. The van der Waals surface area contributed by atoms with Gasteiger partial charge in [-0.3, -0.25) is 4.99 Å². The first-order valence-electron chi connectivity index (χ1n) is 14.1. The number of ether oxygens (including phenoxy) is 4. The Morgan fingerprint density at radius 3 is 2.39 bits per heavy atom. The van der Waals surface area contributed by atoms with E-state index in [1.165, 1.54) is 0 Å². The molecule has 4 rings (SSSR count). The van der Waals surface area contributed by atoms with Crippen LogP contribution in [0.3, 0.4) is 0 Å². The van der Waals surface area contributed by atoms with E-state index in [-0.39, 0.29) is 30.5 Å². The van der Waals surface area contributed by atoms with Crippen molar-refractivity contribution in [3.05, 3.63) is 0 Å². The van der Waals surface area contributed by atoms with Gasteiger partial charge in [-0.1, -0.05) is 13.8 Å². The second-order valence-electron chi connectivity index (χ2n) is 11.9. The van der Waals surface area contributed by atoms with Crippen molar-refractivity contribution in [1.82, 2.24) is 5.32 Å². The Morgan fingerprint density at radius 2 is 1.79 bits per heavy atom. The molecule has 6 unspecified atom stereocenters. The monoisotopic (exact) mass is 544 g/mol. The van der Waals surface area contributed by atoms with Gasteiger partial charge in [0.1, 0.15) is 35.3 Å². The summed E-state index contributed by atoms with van der Waals surface area (Å²) in [5.74, 6) is -0.0473. The lowest BCUT2D eigenvalue weighted by molar-refractivity contribution is -0.309. The van der Waals surface area contributed by atoms with Gasteiger partial charge in [-0.05, 0) is 64.8 Å². The lowest BCUT2D eigenvalue weighted by Gasteiger charge is -2.48. The van der Waals surface area contributed by atoms with E-state index < -0.39 is 60.3 Å². The van der Waals surface area contributed by atoms with Crippen molar-refractivity contribution in [3.8, 4) is 0 Å². The van der Waals surface area contributed by atoms with Gasteiger partial charge in [0.25, 0.3) is 0 Å². The average Bonchev–Trinajstić information content (AvgIpc) is 2.84. The molecule has 9 N–H and O–H groups in total. The molecular formula is C26H48N4O8. The highest BCUT2D eigenvalue weighted by atomic mass is 16.7. The van der Waals surface area contributed by atoms with Crippen molar-refractivity contribution in [2.45, 2.75) is 138 Å². The fourth-order valence-electron chi connectivity index (χ4n) is 6.16. The number of rotatable bonds is 8. The van der Waals surface area contributed by atoms with Crippen LogP contribution in [0.2, 0.25) is 0 Å². The van der Waals surface area contributed by atoms with E-state index >= 15 is 0 Å². The predicted octanol–water partition coefficient (Wildman–Crippen LogP) is -0.903. The molecule has 4 fully saturated rings. The summed E-state index contributed by atoms with van der Waals surface area (Å²) >= 11 is 0. The highest BCUT2D eigenvalue weighted by Gasteiger charge is 2.52. The molecular weight excluding hydrogens is 496 g/mol. The van der Waals surface area contributed by atoms with Crippen molar-refractivity contribution in [1.29, 1.82) is 0 Å². The van der Waals surface area contributed by atoms with Gasteiger partial charge < -0.3 is 56.2 Å². The van der Waals surface area contributed by atoms with Crippen LogP contribution in [0.15, 0.2) is 4.99 Å². The first kappa shape index (κ1) is 30.0. The van der Waals surface area contributed by atoms with Gasteiger partial charge in [0.05, 0.1) is 36.9 Å². The standard InChI is InChI=1S/C26H48N4O8/c1-5-14-7-8-15(27)22(36-14)37-19-13(2)11-16(30-24(28)26(34)9-6-10-26)20(17(19)31)38-23-18(32)21(29-4)25(3,33)12-35-23/h13-23,29,31-34H,5-12,27H2,1-4H3,(H2,28,30)/t13-,14+,15?,16+,17?,18?,19?,20?,21+,22+,23+,25?/m0/s1. The summed E-state index contributed by atoms with van der Waals surface area (Å²) < 4.78 is 24.3. The summed E-state index contributed by atoms with van der Waals surface area (Å²) in [6, 6.07) is -1.67. The molecule has 0 spiro atoms. The van der Waals surface area contributed by atoms with Crippen LogP contribution in [-0.4, -0.2) is 112 Å². The number of hydrogen-bond donors (Lipinski definition) is 7. The number of aliphatic hydroxyl groups excluding tert-OH is 2. The molecule has 12 heteroatoms. The maximum Gasteiger partial charge on any atom is 0.185 e. The van der Waals surface area contributed by atoms with Crippen LogP contribution in [0.4, 0.5) is 0 Å². The largest absolute Gasteiger partial charge is 0.388 e. The number of amidine groups is 1. The molecule has 12 nitrogen and oxygen atoms in total. The Hall–Kier alpha value is -0.930. The topological polar surface area (TPSA) is 194 Å². The van der Waals surface area contributed by atoms with Crippen LogP contribution in [-0.2, 0) is 18.9 Å². The Labute approximate surface area is 225 Å². The molecule has 0 amide bonds. The summed E-state index contributed by atoms with van der Waals surface area (Å²) in [6.45, 7) is 5.48. The van der Waals surface area contributed by atoms with E-state index in [4.69, 9.17) is 30.4 Å². The number of nitrogens with two attached hydrogens (primary N) is 2. The zero-order chi connectivity index (χ0) is 27.8. The van der Waals surface area contributed by atoms with Crippen LogP contribution < -0.4 is 16.8 Å². The number of likely N-dealkylation sites (N-methyl/N-ethyl adjacent to an activating group) is 1. The molecule has 0 aromatic carbocycles. The summed E-state index contributed by atoms with van der Waals surface area (Å²) in [5, 5.41) is 46.9. The number of aliphatic hydroxyl groups is 4. The second kappa shape index (κ2) is 11.9. The van der Waals surface area contributed by atoms with Crippen molar-refractivity contribution >= 4 is 5.84 Å². The smallest absolute Gasteiger partial charge is 0.185 e. The normalized spacial score (nSPS) is 47.9. The number of nitrogens with zero attached hydrogens (tertiary/aromatic N) is 1. The molecule has 4 aliphatic rings. The maximum absolute atomic E-state index is 11.6. The molecule has 38 heavy (non-hydrogen) atoms. The summed E-state index contributed by atoms with van der Waals surface area (Å²) in [4.78, 5) is 4.64. The van der Waals surface area contributed by atoms with Crippen molar-refractivity contribution in [2.75, 3.05) is 13.7 Å². The van der Waals surface area contributed by atoms with Crippen LogP contribution >= 0.6 is 0 Å². The minimum atomic E-state index is -1.32. The highest BCUT2D eigenvalue weighted by Crippen LogP contribution is 2.38. The van der Waals surface area contributed by atoms with Gasteiger partial charge in [-0.2, -0.15) is 0 Å². The third-order valence-corrected chi connectivity index (χ3v) is 8.87. The van der Waals surface area contributed by atoms with E-state index in [0.29, 0.717) is 19.3 Å². The van der Waals surface area contributed by atoms with Gasteiger partial charge in [0, 0.05) is 0 Å². The molecule has 12 atom stereocenters.